The van der Waals surface area contributed by atoms with Crippen molar-refractivity contribution in [2.45, 2.75) is 19.9 Å². The molecule has 1 aliphatic rings. The van der Waals surface area contributed by atoms with E-state index in [-0.39, 0.29) is 0 Å². The molecule has 0 radical (unpaired) electrons. The fourth-order valence-corrected chi connectivity index (χ4v) is 3.68. The predicted molar refractivity (Wildman–Crippen MR) is 116 cm³/mol. The minimum absolute atomic E-state index is 0.545. The average Bonchev–Trinajstić information content (AvgIpc) is 2.71. The van der Waals surface area contributed by atoms with Crippen molar-refractivity contribution in [3.63, 3.8) is 0 Å². The van der Waals surface area contributed by atoms with Gasteiger partial charge in [-0.3, -0.25) is 0 Å². The number of nitrogens with zero attached hydrogens (tertiary/aromatic N) is 1. The van der Waals surface area contributed by atoms with E-state index in [1.54, 1.807) is 13.2 Å². The second kappa shape index (κ2) is 10.1. The van der Waals surface area contributed by atoms with Gasteiger partial charge >= 0.3 is 0 Å². The molecule has 0 atom stereocenters. The Morgan fingerprint density at radius 1 is 1.14 bits per heavy atom. The van der Waals surface area contributed by atoms with Crippen LogP contribution in [0.15, 0.2) is 30.3 Å². The van der Waals surface area contributed by atoms with E-state index in [0.29, 0.717) is 23.9 Å². The van der Waals surface area contributed by atoms with Gasteiger partial charge < -0.3 is 24.4 Å². The lowest BCUT2D eigenvalue weighted by atomic mass is 10.1. The molecule has 0 aromatic heterocycles. The second-order valence-corrected chi connectivity index (χ2v) is 7.41. The highest BCUT2D eigenvalue weighted by molar-refractivity contribution is 6.33. The predicted octanol–water partition coefficient (Wildman–Crippen LogP) is 5.24. The third-order valence-electron chi connectivity index (χ3n) is 4.55. The highest BCUT2D eigenvalue weighted by Gasteiger charge is 2.16. The molecule has 152 valence electrons. The zero-order chi connectivity index (χ0) is 19.9. The van der Waals surface area contributed by atoms with Crippen molar-refractivity contribution in [1.82, 2.24) is 0 Å². The fraction of sp³-hybridized carbons (Fsp3) is 0.429. The van der Waals surface area contributed by atoms with Crippen molar-refractivity contribution in [1.29, 1.82) is 0 Å². The molecule has 0 amide bonds. The van der Waals surface area contributed by atoms with Crippen LogP contribution >= 0.6 is 23.2 Å². The molecule has 2 aromatic carbocycles. The van der Waals surface area contributed by atoms with Gasteiger partial charge in [0, 0.05) is 42.0 Å². The first-order valence-corrected chi connectivity index (χ1v) is 10.2. The van der Waals surface area contributed by atoms with Crippen molar-refractivity contribution in [2.24, 2.45) is 0 Å². The summed E-state index contributed by atoms with van der Waals surface area (Å²) in [5.41, 5.74) is 2.90. The largest absolute Gasteiger partial charge is 0.493 e. The van der Waals surface area contributed by atoms with Gasteiger partial charge in [-0.15, -0.1) is 0 Å². The Bertz CT molecular complexity index is 795. The summed E-state index contributed by atoms with van der Waals surface area (Å²) in [5, 5.41) is 4.74. The van der Waals surface area contributed by atoms with Crippen molar-refractivity contribution in [3.8, 4) is 11.5 Å². The van der Waals surface area contributed by atoms with E-state index in [1.165, 1.54) is 0 Å². The molecular formula is C21H26Cl2N2O3. The summed E-state index contributed by atoms with van der Waals surface area (Å²) in [4.78, 5) is 2.24. The molecule has 1 fully saturated rings. The molecular weight excluding hydrogens is 399 g/mol. The maximum absolute atomic E-state index is 6.53. The molecule has 3 rings (SSSR count). The van der Waals surface area contributed by atoms with Gasteiger partial charge in [0.05, 0.1) is 37.6 Å². The standard InChI is InChI=1S/C21H26Cl2N2O3/c1-3-8-28-21-15(11-16(22)12-20(21)26-2)14-24-17-4-5-19(18(23)13-17)25-6-9-27-10-7-25/h4-5,11-13,24H,3,6-10,14H2,1-2H3. The first-order chi connectivity index (χ1) is 13.6. The summed E-state index contributed by atoms with van der Waals surface area (Å²) < 4.78 is 16.8. The smallest absolute Gasteiger partial charge is 0.166 e. The van der Waals surface area contributed by atoms with E-state index >= 15 is 0 Å². The van der Waals surface area contributed by atoms with Crippen LogP contribution in [0, 0.1) is 0 Å². The zero-order valence-corrected chi connectivity index (χ0v) is 17.8. The third kappa shape index (κ3) is 5.16. The lowest BCUT2D eigenvalue weighted by molar-refractivity contribution is 0.122. The number of methoxy groups -OCH3 is 1. The van der Waals surface area contributed by atoms with Crippen LogP contribution in [0.25, 0.3) is 0 Å². The van der Waals surface area contributed by atoms with Gasteiger partial charge in [0.25, 0.3) is 0 Å². The van der Waals surface area contributed by atoms with E-state index < -0.39 is 0 Å². The number of ether oxygens (including phenoxy) is 3. The van der Waals surface area contributed by atoms with Gasteiger partial charge in [0.1, 0.15) is 0 Å². The van der Waals surface area contributed by atoms with Gasteiger partial charge in [-0.05, 0) is 30.7 Å². The summed E-state index contributed by atoms with van der Waals surface area (Å²) in [6.45, 7) is 6.40. The topological polar surface area (TPSA) is 43.0 Å². The fourth-order valence-electron chi connectivity index (χ4n) is 3.15. The zero-order valence-electron chi connectivity index (χ0n) is 16.3. The number of benzene rings is 2. The van der Waals surface area contributed by atoms with Crippen LogP contribution in [-0.2, 0) is 11.3 Å². The molecule has 1 aliphatic heterocycles. The maximum atomic E-state index is 6.53. The SMILES string of the molecule is CCCOc1c(CNc2ccc(N3CCOCC3)c(Cl)c2)cc(Cl)cc1OC. The van der Waals surface area contributed by atoms with E-state index in [1.807, 2.05) is 24.3 Å². The second-order valence-electron chi connectivity index (χ2n) is 6.56. The quantitative estimate of drug-likeness (QED) is 0.627. The molecule has 1 N–H and O–H groups in total. The molecule has 0 bridgehead atoms. The highest BCUT2D eigenvalue weighted by atomic mass is 35.5. The maximum Gasteiger partial charge on any atom is 0.166 e. The van der Waals surface area contributed by atoms with E-state index in [9.17, 15) is 0 Å². The third-order valence-corrected chi connectivity index (χ3v) is 5.07. The van der Waals surface area contributed by atoms with Crippen LogP contribution in [0.4, 0.5) is 11.4 Å². The van der Waals surface area contributed by atoms with Gasteiger partial charge in [-0.1, -0.05) is 30.1 Å². The summed E-state index contributed by atoms with van der Waals surface area (Å²) in [6, 6.07) is 9.69. The number of hydrogen-bond donors (Lipinski definition) is 1. The number of morpholine rings is 1. The molecule has 0 saturated carbocycles. The Balaban J connectivity index is 1.74. The Morgan fingerprint density at radius 3 is 2.61 bits per heavy atom. The minimum atomic E-state index is 0.545. The van der Waals surface area contributed by atoms with Crippen LogP contribution in [0.5, 0.6) is 11.5 Å². The highest BCUT2D eigenvalue weighted by Crippen LogP contribution is 2.36. The molecule has 7 heteroatoms. The molecule has 0 spiro atoms. The molecule has 2 aromatic rings. The molecule has 1 saturated heterocycles. The lowest BCUT2D eigenvalue weighted by Gasteiger charge is -2.29. The summed E-state index contributed by atoms with van der Waals surface area (Å²) in [7, 11) is 1.62. The number of nitrogens with one attached hydrogen (secondary N) is 1. The first-order valence-electron chi connectivity index (χ1n) is 9.47. The van der Waals surface area contributed by atoms with Crippen LogP contribution in [0.1, 0.15) is 18.9 Å². The van der Waals surface area contributed by atoms with Crippen LogP contribution in [0.2, 0.25) is 10.0 Å². The Labute approximate surface area is 176 Å². The Hall–Kier alpha value is -1.82. The van der Waals surface area contributed by atoms with Gasteiger partial charge in [0.2, 0.25) is 0 Å². The number of anilines is 2. The van der Waals surface area contributed by atoms with E-state index in [0.717, 1.165) is 60.4 Å². The summed E-state index contributed by atoms with van der Waals surface area (Å²) >= 11 is 12.8. The number of rotatable bonds is 8. The summed E-state index contributed by atoms with van der Waals surface area (Å²) in [6.07, 6.45) is 0.914. The average molecular weight is 425 g/mol. The van der Waals surface area contributed by atoms with Gasteiger partial charge in [-0.25, -0.2) is 0 Å². The normalized spacial score (nSPS) is 14.1. The first kappa shape index (κ1) is 20.9. The molecule has 0 aliphatic carbocycles. The van der Waals surface area contributed by atoms with Gasteiger partial charge in [0.15, 0.2) is 11.5 Å². The molecule has 5 nitrogen and oxygen atoms in total. The van der Waals surface area contributed by atoms with Crippen LogP contribution in [0.3, 0.4) is 0 Å². The number of hydrogen-bond acceptors (Lipinski definition) is 5. The van der Waals surface area contributed by atoms with Crippen molar-refractivity contribution in [3.05, 3.63) is 45.9 Å². The Morgan fingerprint density at radius 2 is 1.93 bits per heavy atom. The van der Waals surface area contributed by atoms with E-state index in [4.69, 9.17) is 37.4 Å². The minimum Gasteiger partial charge on any atom is -0.493 e. The molecule has 1 heterocycles. The van der Waals surface area contributed by atoms with Crippen molar-refractivity contribution >= 4 is 34.6 Å². The molecule has 0 unspecified atom stereocenters. The van der Waals surface area contributed by atoms with Crippen molar-refractivity contribution < 1.29 is 14.2 Å². The summed E-state index contributed by atoms with van der Waals surface area (Å²) in [5.74, 6) is 1.36. The lowest BCUT2D eigenvalue weighted by Crippen LogP contribution is -2.36. The van der Waals surface area contributed by atoms with Crippen LogP contribution < -0.4 is 19.7 Å². The molecule has 28 heavy (non-hydrogen) atoms. The number of halogens is 2. The van der Waals surface area contributed by atoms with E-state index in [2.05, 4.69) is 17.1 Å². The monoisotopic (exact) mass is 424 g/mol. The van der Waals surface area contributed by atoms with Crippen LogP contribution in [-0.4, -0.2) is 40.0 Å². The van der Waals surface area contributed by atoms with Crippen molar-refractivity contribution in [2.75, 3.05) is 50.2 Å². The Kier molecular flexibility index (Phi) is 7.54. The van der Waals surface area contributed by atoms with Gasteiger partial charge in [-0.2, -0.15) is 0 Å².